The Labute approximate surface area is 119 Å². The van der Waals surface area contributed by atoms with Crippen LogP contribution in [-0.2, 0) is 0 Å². The van der Waals surface area contributed by atoms with Gasteiger partial charge in [0.2, 0.25) is 0 Å². The zero-order valence-electron chi connectivity index (χ0n) is 11.5. The van der Waals surface area contributed by atoms with Gasteiger partial charge in [0.15, 0.2) is 13.7 Å². The molecule has 1 aromatic heterocycles. The molecule has 3 aromatic rings. The number of benzene rings is 2. The summed E-state index contributed by atoms with van der Waals surface area (Å²) in [7, 11) is 1.87. The summed E-state index contributed by atoms with van der Waals surface area (Å²) in [5, 5.41) is 0. The summed E-state index contributed by atoms with van der Waals surface area (Å²) < 4.78 is 0. The van der Waals surface area contributed by atoms with Gasteiger partial charge in [0.1, 0.15) is 6.33 Å². The van der Waals surface area contributed by atoms with Gasteiger partial charge in [0.25, 0.3) is 0 Å². The number of aromatic nitrogens is 3. The van der Waals surface area contributed by atoms with Crippen LogP contribution in [0.5, 0.6) is 0 Å². The van der Waals surface area contributed by atoms with Crippen LogP contribution in [0.4, 0.5) is 0 Å². The van der Waals surface area contributed by atoms with E-state index in [4.69, 9.17) is 0 Å². The first-order chi connectivity index (χ1) is 9.72. The second-order valence-corrected chi connectivity index (χ2v) is 4.81. The van der Waals surface area contributed by atoms with Gasteiger partial charge >= 0.3 is 0 Å². The number of aryl methyl sites for hydroxylation is 1. The predicted octanol–water partition coefficient (Wildman–Crippen LogP) is 1.77. The standard InChI is InChI=1S/C16H14BN3/c1-11-4-2-5-12(8-11)13-6-3-7-14(9-13)15-18-10-19-16(17)20-15/h2-10H,17H2,1H3. The Balaban J connectivity index is 2.06. The lowest BCUT2D eigenvalue weighted by atomic mass is 10.0. The Morgan fingerprint density at radius 3 is 2.30 bits per heavy atom. The Kier molecular flexibility index (Phi) is 3.29. The van der Waals surface area contributed by atoms with Crippen molar-refractivity contribution < 1.29 is 0 Å². The molecule has 3 rings (SSSR count). The zero-order chi connectivity index (χ0) is 13.9. The van der Waals surface area contributed by atoms with Crippen LogP contribution in [-0.4, -0.2) is 22.8 Å². The molecule has 0 atom stereocenters. The zero-order valence-corrected chi connectivity index (χ0v) is 11.5. The molecule has 2 aromatic carbocycles. The van der Waals surface area contributed by atoms with Gasteiger partial charge in [0.05, 0.1) is 5.72 Å². The molecule has 0 spiro atoms. The van der Waals surface area contributed by atoms with Crippen LogP contribution in [0.3, 0.4) is 0 Å². The van der Waals surface area contributed by atoms with Gasteiger partial charge < -0.3 is 0 Å². The van der Waals surface area contributed by atoms with E-state index in [2.05, 4.69) is 58.3 Å². The fourth-order valence-corrected chi connectivity index (χ4v) is 2.18. The maximum absolute atomic E-state index is 4.37. The highest BCUT2D eigenvalue weighted by Gasteiger charge is 2.04. The molecule has 0 saturated carbocycles. The normalized spacial score (nSPS) is 10.4. The minimum Gasteiger partial charge on any atom is -0.233 e. The van der Waals surface area contributed by atoms with Crippen molar-refractivity contribution in [3.8, 4) is 22.5 Å². The Morgan fingerprint density at radius 1 is 0.850 bits per heavy atom. The highest BCUT2D eigenvalue weighted by atomic mass is 15.0. The summed E-state index contributed by atoms with van der Waals surface area (Å²) in [6.07, 6.45) is 1.55. The van der Waals surface area contributed by atoms with Crippen LogP contribution in [0.25, 0.3) is 22.5 Å². The van der Waals surface area contributed by atoms with Gasteiger partial charge in [0, 0.05) is 5.56 Å². The third-order valence-corrected chi connectivity index (χ3v) is 3.16. The molecule has 20 heavy (non-hydrogen) atoms. The molecular weight excluding hydrogens is 245 g/mol. The minimum absolute atomic E-state index is 0.715. The maximum atomic E-state index is 4.37. The summed E-state index contributed by atoms with van der Waals surface area (Å²) in [4.78, 5) is 12.6. The Morgan fingerprint density at radius 2 is 1.55 bits per heavy atom. The lowest BCUT2D eigenvalue weighted by molar-refractivity contribution is 1.10. The summed E-state index contributed by atoms with van der Waals surface area (Å²) in [5.74, 6) is 0.715. The van der Waals surface area contributed by atoms with Crippen molar-refractivity contribution >= 4 is 13.6 Å². The van der Waals surface area contributed by atoms with E-state index in [0.717, 1.165) is 11.3 Å². The number of hydrogen-bond donors (Lipinski definition) is 0. The quantitative estimate of drug-likeness (QED) is 0.658. The van der Waals surface area contributed by atoms with Gasteiger partial charge in [-0.2, -0.15) is 0 Å². The van der Waals surface area contributed by atoms with E-state index >= 15 is 0 Å². The van der Waals surface area contributed by atoms with E-state index in [1.54, 1.807) is 6.33 Å². The fourth-order valence-electron chi connectivity index (χ4n) is 2.18. The average molecular weight is 259 g/mol. The first kappa shape index (κ1) is 12.5. The first-order valence-electron chi connectivity index (χ1n) is 6.55. The number of hydrogen-bond acceptors (Lipinski definition) is 3. The molecule has 0 unspecified atom stereocenters. The molecule has 0 bridgehead atoms. The summed E-state index contributed by atoms with van der Waals surface area (Å²) >= 11 is 0. The summed E-state index contributed by atoms with van der Waals surface area (Å²) in [5.41, 5.74) is 5.37. The predicted molar refractivity (Wildman–Crippen MR) is 83.6 cm³/mol. The molecule has 0 aliphatic carbocycles. The van der Waals surface area contributed by atoms with Crippen molar-refractivity contribution in [1.29, 1.82) is 0 Å². The largest absolute Gasteiger partial charge is 0.233 e. The summed E-state index contributed by atoms with van der Waals surface area (Å²) in [6, 6.07) is 16.7. The molecule has 0 fully saturated rings. The maximum Gasteiger partial charge on any atom is 0.189 e. The second-order valence-electron chi connectivity index (χ2n) is 4.81. The smallest absolute Gasteiger partial charge is 0.189 e. The SMILES string of the molecule is Bc1ncnc(-c2cccc(-c3cccc(C)c3)c2)n1. The van der Waals surface area contributed by atoms with Crippen LogP contribution in [0.1, 0.15) is 5.56 Å². The van der Waals surface area contributed by atoms with E-state index in [9.17, 15) is 0 Å². The van der Waals surface area contributed by atoms with Crippen LogP contribution in [0, 0.1) is 6.92 Å². The molecule has 96 valence electrons. The van der Waals surface area contributed by atoms with Crippen molar-refractivity contribution in [3.05, 3.63) is 60.4 Å². The molecule has 0 aliphatic heterocycles. The first-order valence-corrected chi connectivity index (χ1v) is 6.55. The average Bonchev–Trinajstić information content (AvgIpc) is 2.47. The highest BCUT2D eigenvalue weighted by Crippen LogP contribution is 2.24. The second kappa shape index (κ2) is 5.25. The molecule has 0 amide bonds. The van der Waals surface area contributed by atoms with Crippen LogP contribution >= 0.6 is 0 Å². The van der Waals surface area contributed by atoms with E-state index < -0.39 is 0 Å². The monoisotopic (exact) mass is 259 g/mol. The van der Waals surface area contributed by atoms with Crippen molar-refractivity contribution in [3.63, 3.8) is 0 Å². The van der Waals surface area contributed by atoms with Crippen molar-refractivity contribution in [1.82, 2.24) is 15.0 Å². The van der Waals surface area contributed by atoms with Crippen LogP contribution in [0.15, 0.2) is 54.9 Å². The molecule has 1 heterocycles. The van der Waals surface area contributed by atoms with E-state index in [1.807, 2.05) is 20.0 Å². The number of nitrogens with zero attached hydrogens (tertiary/aromatic N) is 3. The highest BCUT2D eigenvalue weighted by molar-refractivity contribution is 6.29. The molecular formula is C16H14BN3. The van der Waals surface area contributed by atoms with Crippen LogP contribution in [0.2, 0.25) is 0 Å². The van der Waals surface area contributed by atoms with Crippen molar-refractivity contribution in [2.75, 3.05) is 0 Å². The van der Waals surface area contributed by atoms with E-state index in [1.165, 1.54) is 16.7 Å². The van der Waals surface area contributed by atoms with Gasteiger partial charge in [-0.1, -0.05) is 48.0 Å². The number of rotatable bonds is 2. The van der Waals surface area contributed by atoms with Gasteiger partial charge in [-0.15, -0.1) is 0 Å². The molecule has 0 N–H and O–H groups in total. The fraction of sp³-hybridized carbons (Fsp3) is 0.0625. The third-order valence-electron chi connectivity index (χ3n) is 3.16. The molecule has 0 aliphatic rings. The van der Waals surface area contributed by atoms with Crippen molar-refractivity contribution in [2.24, 2.45) is 0 Å². The molecule has 3 nitrogen and oxygen atoms in total. The topological polar surface area (TPSA) is 38.7 Å². The Hall–Kier alpha value is -2.49. The third kappa shape index (κ3) is 2.59. The lowest BCUT2D eigenvalue weighted by Crippen LogP contribution is -2.14. The van der Waals surface area contributed by atoms with Crippen LogP contribution < -0.4 is 5.72 Å². The molecule has 4 heteroatoms. The van der Waals surface area contributed by atoms with E-state index in [-0.39, 0.29) is 0 Å². The minimum atomic E-state index is 0.715. The van der Waals surface area contributed by atoms with Gasteiger partial charge in [-0.25, -0.2) is 15.0 Å². The van der Waals surface area contributed by atoms with Gasteiger partial charge in [-0.05, 0) is 24.1 Å². The van der Waals surface area contributed by atoms with E-state index in [0.29, 0.717) is 5.82 Å². The van der Waals surface area contributed by atoms with Gasteiger partial charge in [-0.3, -0.25) is 0 Å². The summed E-state index contributed by atoms with van der Waals surface area (Å²) in [6.45, 7) is 2.10. The Bertz CT molecular complexity index is 695. The lowest BCUT2D eigenvalue weighted by Gasteiger charge is -2.06. The van der Waals surface area contributed by atoms with Crippen molar-refractivity contribution in [2.45, 2.75) is 6.92 Å². The molecule has 0 saturated heterocycles. The molecule has 0 radical (unpaired) electrons.